The number of hydrogen-bond acceptors (Lipinski definition) is 2. The fourth-order valence-electron chi connectivity index (χ4n) is 3.27. The highest BCUT2D eigenvalue weighted by molar-refractivity contribution is 5.83. The highest BCUT2D eigenvalue weighted by atomic mass is 16.2. The molecule has 0 spiro atoms. The maximum Gasteiger partial charge on any atom is 0.315 e. The number of rotatable bonds is 4. The largest absolute Gasteiger partial charge is 0.334 e. The van der Waals surface area contributed by atoms with Crippen LogP contribution in [-0.2, 0) is 13.6 Å². The van der Waals surface area contributed by atoms with Crippen molar-refractivity contribution >= 4 is 16.8 Å². The molecule has 1 atom stereocenters. The van der Waals surface area contributed by atoms with Crippen LogP contribution in [0.3, 0.4) is 0 Å². The zero-order valence-electron chi connectivity index (χ0n) is 15.1. The van der Waals surface area contributed by atoms with Crippen molar-refractivity contribution < 1.29 is 4.79 Å². The zero-order valence-corrected chi connectivity index (χ0v) is 15.1. The normalized spacial score (nSPS) is 12.2. The first kappa shape index (κ1) is 17.0. The number of amides is 2. The molecule has 5 heteroatoms. The summed E-state index contributed by atoms with van der Waals surface area (Å²) in [6, 6.07) is 14.2. The van der Waals surface area contributed by atoms with Crippen LogP contribution in [0.15, 0.2) is 42.5 Å². The summed E-state index contributed by atoms with van der Waals surface area (Å²) in [4.78, 5) is 12.2. The van der Waals surface area contributed by atoms with Gasteiger partial charge in [0, 0.05) is 24.8 Å². The fourth-order valence-corrected chi connectivity index (χ4v) is 3.27. The van der Waals surface area contributed by atoms with Gasteiger partial charge in [0.15, 0.2) is 0 Å². The molecule has 130 valence electrons. The SMILES string of the molecule is Cc1nn(C)c(C)c1[C@H](C)NC(=O)NCc1ccc2ccccc2c1. The molecule has 3 aromatic rings. The summed E-state index contributed by atoms with van der Waals surface area (Å²) in [5.74, 6) is 0. The number of nitrogens with zero attached hydrogens (tertiary/aromatic N) is 2. The lowest BCUT2D eigenvalue weighted by Gasteiger charge is -2.15. The number of urea groups is 1. The molecule has 0 fully saturated rings. The van der Waals surface area contributed by atoms with Crippen molar-refractivity contribution in [2.75, 3.05) is 0 Å². The second-order valence-corrected chi connectivity index (χ2v) is 6.44. The number of nitrogens with one attached hydrogen (secondary N) is 2. The topological polar surface area (TPSA) is 59.0 Å². The summed E-state index contributed by atoms with van der Waals surface area (Å²) in [7, 11) is 1.92. The van der Waals surface area contributed by atoms with Crippen LogP contribution in [0.5, 0.6) is 0 Å². The minimum absolute atomic E-state index is 0.0923. The second-order valence-electron chi connectivity index (χ2n) is 6.44. The quantitative estimate of drug-likeness (QED) is 0.762. The molecular formula is C20H24N4O. The summed E-state index contributed by atoms with van der Waals surface area (Å²) in [6.07, 6.45) is 0. The molecule has 3 rings (SSSR count). The van der Waals surface area contributed by atoms with E-state index < -0.39 is 0 Å². The van der Waals surface area contributed by atoms with E-state index in [0.29, 0.717) is 6.54 Å². The second kappa shape index (κ2) is 6.97. The van der Waals surface area contributed by atoms with Crippen LogP contribution in [0.1, 0.15) is 35.5 Å². The molecule has 0 aliphatic carbocycles. The van der Waals surface area contributed by atoms with Gasteiger partial charge in [0.05, 0.1) is 11.7 Å². The number of hydrogen-bond donors (Lipinski definition) is 2. The molecule has 0 bridgehead atoms. The van der Waals surface area contributed by atoms with E-state index in [1.165, 1.54) is 10.8 Å². The van der Waals surface area contributed by atoms with Gasteiger partial charge < -0.3 is 10.6 Å². The first-order chi connectivity index (χ1) is 12.0. The molecule has 0 saturated heterocycles. The van der Waals surface area contributed by atoms with Gasteiger partial charge in [0.1, 0.15) is 0 Å². The van der Waals surface area contributed by atoms with E-state index >= 15 is 0 Å². The molecule has 25 heavy (non-hydrogen) atoms. The summed E-state index contributed by atoms with van der Waals surface area (Å²) < 4.78 is 1.84. The van der Waals surface area contributed by atoms with Crippen molar-refractivity contribution in [3.05, 3.63) is 65.0 Å². The van der Waals surface area contributed by atoms with Gasteiger partial charge in [-0.2, -0.15) is 5.10 Å². The van der Waals surface area contributed by atoms with Crippen LogP contribution in [0.2, 0.25) is 0 Å². The standard InChI is InChI=1S/C20H24N4O/c1-13(19-14(2)23-24(4)15(19)3)22-20(25)21-12-16-9-10-17-7-5-6-8-18(17)11-16/h5-11,13H,12H2,1-4H3,(H2,21,22,25)/t13-/m0/s1. The van der Waals surface area contributed by atoms with Crippen molar-refractivity contribution in [1.29, 1.82) is 0 Å². The molecule has 0 aliphatic heterocycles. The van der Waals surface area contributed by atoms with Crippen molar-refractivity contribution in [1.82, 2.24) is 20.4 Å². The molecule has 0 radical (unpaired) electrons. The van der Waals surface area contributed by atoms with Crippen LogP contribution >= 0.6 is 0 Å². The van der Waals surface area contributed by atoms with Crippen LogP contribution < -0.4 is 10.6 Å². The Bertz CT molecular complexity index is 913. The van der Waals surface area contributed by atoms with Gasteiger partial charge in [-0.15, -0.1) is 0 Å². The Morgan fingerprint density at radius 2 is 1.88 bits per heavy atom. The zero-order chi connectivity index (χ0) is 18.0. The third kappa shape index (κ3) is 3.65. The summed E-state index contributed by atoms with van der Waals surface area (Å²) >= 11 is 0. The van der Waals surface area contributed by atoms with Crippen LogP contribution in [0.4, 0.5) is 4.79 Å². The molecule has 2 aromatic carbocycles. The number of carbonyl (C=O) groups is 1. The first-order valence-electron chi connectivity index (χ1n) is 8.48. The van der Waals surface area contributed by atoms with Gasteiger partial charge in [-0.05, 0) is 43.2 Å². The van der Waals surface area contributed by atoms with Gasteiger partial charge in [-0.25, -0.2) is 4.79 Å². The third-order valence-electron chi connectivity index (χ3n) is 4.61. The Hall–Kier alpha value is -2.82. The predicted octanol–water partition coefficient (Wildman–Crippen LogP) is 3.75. The van der Waals surface area contributed by atoms with E-state index in [4.69, 9.17) is 0 Å². The number of carbonyl (C=O) groups excluding carboxylic acids is 1. The van der Waals surface area contributed by atoms with Gasteiger partial charge >= 0.3 is 6.03 Å². The monoisotopic (exact) mass is 336 g/mol. The number of benzene rings is 2. The summed E-state index contributed by atoms with van der Waals surface area (Å²) in [5, 5.41) is 12.7. The summed E-state index contributed by atoms with van der Waals surface area (Å²) in [6.45, 7) is 6.45. The van der Waals surface area contributed by atoms with Gasteiger partial charge in [0.2, 0.25) is 0 Å². The maximum atomic E-state index is 12.2. The van der Waals surface area contributed by atoms with Crippen LogP contribution in [0.25, 0.3) is 10.8 Å². The minimum Gasteiger partial charge on any atom is -0.334 e. The first-order valence-corrected chi connectivity index (χ1v) is 8.48. The van der Waals surface area contributed by atoms with Gasteiger partial charge in [0.25, 0.3) is 0 Å². The Morgan fingerprint density at radius 3 is 2.56 bits per heavy atom. The summed E-state index contributed by atoms with van der Waals surface area (Å²) in [5.41, 5.74) is 4.17. The van der Waals surface area contributed by atoms with E-state index in [0.717, 1.165) is 22.5 Å². The number of fused-ring (bicyclic) bond motifs is 1. The molecule has 5 nitrogen and oxygen atoms in total. The van der Waals surface area contributed by atoms with E-state index in [1.54, 1.807) is 0 Å². The number of aryl methyl sites for hydroxylation is 2. The Labute approximate surface area is 148 Å². The molecule has 2 amide bonds. The predicted molar refractivity (Wildman–Crippen MR) is 100 cm³/mol. The Morgan fingerprint density at radius 1 is 1.16 bits per heavy atom. The van der Waals surface area contributed by atoms with Gasteiger partial charge in [-0.3, -0.25) is 4.68 Å². The highest BCUT2D eigenvalue weighted by Crippen LogP contribution is 2.20. The van der Waals surface area contributed by atoms with Crippen LogP contribution in [-0.4, -0.2) is 15.8 Å². The average Bonchev–Trinajstić information content (AvgIpc) is 2.85. The molecule has 1 aromatic heterocycles. The Kier molecular flexibility index (Phi) is 4.74. The smallest absolute Gasteiger partial charge is 0.315 e. The van der Waals surface area contributed by atoms with Crippen LogP contribution in [0, 0.1) is 13.8 Å². The molecule has 0 aliphatic rings. The number of aromatic nitrogens is 2. The Balaban J connectivity index is 1.62. The minimum atomic E-state index is -0.177. The third-order valence-corrected chi connectivity index (χ3v) is 4.61. The van der Waals surface area contributed by atoms with Crippen molar-refractivity contribution in [3.63, 3.8) is 0 Å². The van der Waals surface area contributed by atoms with E-state index in [-0.39, 0.29) is 12.1 Å². The van der Waals surface area contributed by atoms with Crippen molar-refractivity contribution in [3.8, 4) is 0 Å². The molecule has 1 heterocycles. The van der Waals surface area contributed by atoms with E-state index in [1.807, 2.05) is 50.7 Å². The lowest BCUT2D eigenvalue weighted by Crippen LogP contribution is -2.36. The fraction of sp³-hybridized carbons (Fsp3) is 0.300. The van der Waals surface area contributed by atoms with E-state index in [2.05, 4.69) is 40.0 Å². The molecule has 0 unspecified atom stereocenters. The average molecular weight is 336 g/mol. The molecule has 0 saturated carbocycles. The molecular weight excluding hydrogens is 312 g/mol. The lowest BCUT2D eigenvalue weighted by atomic mass is 10.1. The van der Waals surface area contributed by atoms with E-state index in [9.17, 15) is 4.79 Å². The highest BCUT2D eigenvalue weighted by Gasteiger charge is 2.17. The lowest BCUT2D eigenvalue weighted by molar-refractivity contribution is 0.237. The van der Waals surface area contributed by atoms with Crippen molar-refractivity contribution in [2.24, 2.45) is 7.05 Å². The van der Waals surface area contributed by atoms with Crippen molar-refractivity contribution in [2.45, 2.75) is 33.4 Å². The molecule has 2 N–H and O–H groups in total. The maximum absolute atomic E-state index is 12.2. The van der Waals surface area contributed by atoms with Gasteiger partial charge in [-0.1, -0.05) is 36.4 Å².